The number of halogens is 3. The van der Waals surface area contributed by atoms with E-state index in [0.717, 1.165) is 39.1 Å². The van der Waals surface area contributed by atoms with Gasteiger partial charge < -0.3 is 15.5 Å². The zero-order chi connectivity index (χ0) is 14.4. The van der Waals surface area contributed by atoms with Crippen molar-refractivity contribution < 1.29 is 9.18 Å². The predicted molar refractivity (Wildman–Crippen MR) is 92.6 cm³/mol. The lowest BCUT2D eigenvalue weighted by atomic mass is 10.2. The van der Waals surface area contributed by atoms with E-state index in [1.807, 2.05) is 22.6 Å². The molecule has 1 aromatic carbocycles. The lowest BCUT2D eigenvalue weighted by Gasteiger charge is -2.27. The topological polar surface area (TPSA) is 44.4 Å². The van der Waals surface area contributed by atoms with Gasteiger partial charge in [-0.2, -0.15) is 0 Å². The number of rotatable bonds is 5. The second kappa shape index (κ2) is 9.55. The maximum Gasteiger partial charge on any atom is 0.252 e. The first kappa shape index (κ1) is 18.6. The maximum absolute atomic E-state index is 13.0. The van der Waals surface area contributed by atoms with Gasteiger partial charge in [0.15, 0.2) is 0 Å². The molecule has 4 nitrogen and oxygen atoms in total. The van der Waals surface area contributed by atoms with Crippen molar-refractivity contribution in [2.24, 2.45) is 0 Å². The highest BCUT2D eigenvalue weighted by Crippen LogP contribution is 2.13. The zero-order valence-corrected chi connectivity index (χ0v) is 14.7. The summed E-state index contributed by atoms with van der Waals surface area (Å²) in [5.74, 6) is -0.445. The van der Waals surface area contributed by atoms with Crippen LogP contribution in [0.2, 0.25) is 0 Å². The molecular formula is C14H20ClFIN3O. The normalized spacial score (nSPS) is 15.3. The molecule has 0 bridgehead atoms. The minimum Gasteiger partial charge on any atom is -0.352 e. The third-order valence-electron chi connectivity index (χ3n) is 3.32. The smallest absolute Gasteiger partial charge is 0.252 e. The summed E-state index contributed by atoms with van der Waals surface area (Å²) in [6, 6.07) is 4.22. The molecule has 1 heterocycles. The number of amides is 1. The number of nitrogens with one attached hydrogen (secondary N) is 2. The molecule has 1 fully saturated rings. The first-order valence-corrected chi connectivity index (χ1v) is 7.91. The number of benzene rings is 1. The average Bonchev–Trinajstić information content (AvgIpc) is 2.44. The van der Waals surface area contributed by atoms with Gasteiger partial charge in [0.1, 0.15) is 5.82 Å². The standard InChI is InChI=1S/C14H19FIN3O.ClH/c15-11-2-3-12(13(16)10-11)14(20)18-4-1-7-19-8-5-17-6-9-19;/h2-3,10,17H,1,4-9H2,(H,18,20);1H. The lowest BCUT2D eigenvalue weighted by molar-refractivity contribution is 0.0950. The summed E-state index contributed by atoms with van der Waals surface area (Å²) in [5.41, 5.74) is 0.536. The van der Waals surface area contributed by atoms with Gasteiger partial charge in [-0.3, -0.25) is 4.79 Å². The van der Waals surface area contributed by atoms with Crippen LogP contribution in [0, 0.1) is 9.39 Å². The van der Waals surface area contributed by atoms with Gasteiger partial charge in [-0.1, -0.05) is 0 Å². The third-order valence-corrected chi connectivity index (χ3v) is 4.21. The Kier molecular flexibility index (Phi) is 8.46. The molecule has 7 heteroatoms. The zero-order valence-electron chi connectivity index (χ0n) is 11.7. The largest absolute Gasteiger partial charge is 0.352 e. The van der Waals surface area contributed by atoms with Gasteiger partial charge in [0.25, 0.3) is 5.91 Å². The van der Waals surface area contributed by atoms with Gasteiger partial charge in [-0.25, -0.2) is 4.39 Å². The highest BCUT2D eigenvalue weighted by molar-refractivity contribution is 14.1. The average molecular weight is 428 g/mol. The molecule has 0 atom stereocenters. The van der Waals surface area contributed by atoms with Crippen LogP contribution in [0.25, 0.3) is 0 Å². The van der Waals surface area contributed by atoms with Gasteiger partial charge >= 0.3 is 0 Å². The highest BCUT2D eigenvalue weighted by atomic mass is 127. The van der Waals surface area contributed by atoms with Crippen molar-refractivity contribution in [3.05, 3.63) is 33.1 Å². The minimum absolute atomic E-state index is 0. The van der Waals surface area contributed by atoms with E-state index in [-0.39, 0.29) is 24.1 Å². The van der Waals surface area contributed by atoms with E-state index in [1.165, 1.54) is 18.2 Å². The van der Waals surface area contributed by atoms with Crippen LogP contribution in [0.1, 0.15) is 16.8 Å². The molecule has 0 unspecified atom stereocenters. The van der Waals surface area contributed by atoms with E-state index in [2.05, 4.69) is 15.5 Å². The first-order chi connectivity index (χ1) is 9.66. The van der Waals surface area contributed by atoms with Gasteiger partial charge in [-0.05, 0) is 53.8 Å². The van der Waals surface area contributed by atoms with Crippen LogP contribution in [-0.2, 0) is 0 Å². The molecule has 0 aromatic heterocycles. The van der Waals surface area contributed by atoms with E-state index >= 15 is 0 Å². The van der Waals surface area contributed by atoms with Crippen LogP contribution in [0.3, 0.4) is 0 Å². The Hall–Kier alpha value is -0.440. The summed E-state index contributed by atoms with van der Waals surface area (Å²) in [6.07, 6.45) is 0.934. The van der Waals surface area contributed by atoms with Gasteiger partial charge in [0, 0.05) is 36.3 Å². The molecule has 1 aliphatic heterocycles. The van der Waals surface area contributed by atoms with E-state index in [4.69, 9.17) is 0 Å². The van der Waals surface area contributed by atoms with Crippen LogP contribution >= 0.6 is 35.0 Å². The molecule has 2 N–H and O–H groups in total. The Bertz CT molecular complexity index is 470. The first-order valence-electron chi connectivity index (χ1n) is 6.83. The fourth-order valence-corrected chi connectivity index (χ4v) is 2.93. The quantitative estimate of drug-likeness (QED) is 0.557. The van der Waals surface area contributed by atoms with Crippen molar-refractivity contribution in [1.29, 1.82) is 0 Å². The molecule has 0 spiro atoms. The summed E-state index contributed by atoms with van der Waals surface area (Å²) in [4.78, 5) is 14.4. The summed E-state index contributed by atoms with van der Waals surface area (Å²) in [7, 11) is 0. The van der Waals surface area contributed by atoms with Crippen molar-refractivity contribution in [1.82, 2.24) is 15.5 Å². The molecule has 0 aliphatic carbocycles. The Balaban J connectivity index is 0.00000220. The Morgan fingerprint density at radius 1 is 1.38 bits per heavy atom. The summed E-state index contributed by atoms with van der Waals surface area (Å²) in [5, 5.41) is 6.20. The van der Waals surface area contributed by atoms with E-state index in [9.17, 15) is 9.18 Å². The molecule has 1 aliphatic rings. The van der Waals surface area contributed by atoms with Crippen molar-refractivity contribution in [2.45, 2.75) is 6.42 Å². The molecule has 0 saturated carbocycles. The van der Waals surface area contributed by atoms with E-state index < -0.39 is 0 Å². The van der Waals surface area contributed by atoms with Crippen molar-refractivity contribution >= 4 is 40.9 Å². The van der Waals surface area contributed by atoms with Crippen molar-refractivity contribution in [3.63, 3.8) is 0 Å². The summed E-state index contributed by atoms with van der Waals surface area (Å²) in [6.45, 7) is 5.88. The number of hydrogen-bond donors (Lipinski definition) is 2. The molecule has 2 rings (SSSR count). The second-order valence-electron chi connectivity index (χ2n) is 4.83. The van der Waals surface area contributed by atoms with E-state index in [0.29, 0.717) is 15.7 Å². The van der Waals surface area contributed by atoms with Crippen LogP contribution in [0.15, 0.2) is 18.2 Å². The van der Waals surface area contributed by atoms with E-state index in [1.54, 1.807) is 0 Å². The molecule has 118 valence electrons. The van der Waals surface area contributed by atoms with Crippen molar-refractivity contribution in [3.8, 4) is 0 Å². The maximum atomic E-state index is 13.0. The SMILES string of the molecule is Cl.O=C(NCCCN1CCNCC1)c1ccc(F)cc1I. The Labute approximate surface area is 144 Å². The molecule has 1 saturated heterocycles. The molecular weight excluding hydrogens is 408 g/mol. The van der Waals surface area contributed by atoms with Crippen LogP contribution < -0.4 is 10.6 Å². The van der Waals surface area contributed by atoms with Gasteiger partial charge in [0.05, 0.1) is 5.56 Å². The number of piperazine rings is 1. The summed E-state index contributed by atoms with van der Waals surface area (Å²) >= 11 is 1.98. The molecule has 1 amide bonds. The predicted octanol–water partition coefficient (Wildman–Crippen LogP) is 1.88. The minimum atomic E-state index is -0.315. The monoisotopic (exact) mass is 427 g/mol. The second-order valence-corrected chi connectivity index (χ2v) is 5.99. The fourth-order valence-electron chi connectivity index (χ4n) is 2.21. The van der Waals surface area contributed by atoms with Gasteiger partial charge in [0.2, 0.25) is 0 Å². The Morgan fingerprint density at radius 3 is 2.76 bits per heavy atom. The molecule has 0 radical (unpaired) electrons. The van der Waals surface area contributed by atoms with Crippen molar-refractivity contribution in [2.75, 3.05) is 39.3 Å². The number of nitrogens with zero attached hydrogens (tertiary/aromatic N) is 1. The highest BCUT2D eigenvalue weighted by Gasteiger charge is 2.11. The Morgan fingerprint density at radius 2 is 2.10 bits per heavy atom. The number of carbonyl (C=O) groups is 1. The fraction of sp³-hybridized carbons (Fsp3) is 0.500. The number of hydrogen-bond acceptors (Lipinski definition) is 3. The summed E-state index contributed by atoms with van der Waals surface area (Å²) < 4.78 is 13.6. The molecule has 1 aromatic rings. The number of carbonyl (C=O) groups excluding carboxylic acids is 1. The third kappa shape index (κ3) is 6.06. The van der Waals surface area contributed by atoms with Crippen LogP contribution in [0.5, 0.6) is 0 Å². The molecule has 21 heavy (non-hydrogen) atoms. The van der Waals surface area contributed by atoms with Gasteiger partial charge in [-0.15, -0.1) is 12.4 Å². The van der Waals surface area contributed by atoms with Crippen LogP contribution in [-0.4, -0.2) is 50.1 Å². The van der Waals surface area contributed by atoms with Crippen LogP contribution in [0.4, 0.5) is 4.39 Å². The lowest BCUT2D eigenvalue weighted by Crippen LogP contribution is -2.44.